The standard InChI is InChI=1S/C19H24N2O2/c1-13-17-7-5-4-6-15(17)12-18(13)19(23)21-10-8-16(9-11-21)20(3)14(2)22/h4-7,12-13,16H,8-11H2,1-3H3/t13-/m1/s1. The summed E-state index contributed by atoms with van der Waals surface area (Å²) in [4.78, 5) is 28.1. The summed E-state index contributed by atoms with van der Waals surface area (Å²) in [5.41, 5.74) is 3.29. The molecule has 122 valence electrons. The average molecular weight is 312 g/mol. The number of hydrogen-bond acceptors (Lipinski definition) is 2. The second kappa shape index (κ2) is 6.19. The van der Waals surface area contributed by atoms with E-state index in [0.29, 0.717) is 0 Å². The number of benzene rings is 1. The molecule has 0 saturated carbocycles. The third kappa shape index (κ3) is 2.90. The fraction of sp³-hybridized carbons (Fsp3) is 0.474. The molecule has 1 aliphatic heterocycles. The fourth-order valence-corrected chi connectivity index (χ4v) is 3.64. The van der Waals surface area contributed by atoms with Crippen LogP contribution in [0.3, 0.4) is 0 Å². The van der Waals surface area contributed by atoms with E-state index in [1.54, 1.807) is 11.8 Å². The van der Waals surface area contributed by atoms with E-state index >= 15 is 0 Å². The Morgan fingerprint density at radius 3 is 2.43 bits per heavy atom. The minimum absolute atomic E-state index is 0.0948. The van der Waals surface area contributed by atoms with Crippen LogP contribution in [-0.2, 0) is 9.59 Å². The Hall–Kier alpha value is -2.10. The Morgan fingerprint density at radius 1 is 1.17 bits per heavy atom. The summed E-state index contributed by atoms with van der Waals surface area (Å²) in [6.07, 6.45) is 3.75. The van der Waals surface area contributed by atoms with Gasteiger partial charge >= 0.3 is 0 Å². The number of rotatable bonds is 2. The van der Waals surface area contributed by atoms with Crippen molar-refractivity contribution in [2.45, 2.75) is 38.6 Å². The number of likely N-dealkylation sites (tertiary alicyclic amines) is 1. The van der Waals surface area contributed by atoms with Gasteiger partial charge in [-0.05, 0) is 30.0 Å². The zero-order chi connectivity index (χ0) is 16.6. The van der Waals surface area contributed by atoms with E-state index in [4.69, 9.17) is 0 Å². The first-order valence-corrected chi connectivity index (χ1v) is 8.32. The van der Waals surface area contributed by atoms with Crippen LogP contribution in [0.4, 0.5) is 0 Å². The van der Waals surface area contributed by atoms with E-state index in [0.717, 1.165) is 37.1 Å². The molecule has 1 aromatic rings. The molecule has 4 heteroatoms. The van der Waals surface area contributed by atoms with E-state index in [2.05, 4.69) is 19.1 Å². The van der Waals surface area contributed by atoms with E-state index in [-0.39, 0.29) is 23.8 Å². The second-order valence-corrected chi connectivity index (χ2v) is 6.60. The largest absolute Gasteiger partial charge is 0.343 e. The van der Waals surface area contributed by atoms with Crippen molar-refractivity contribution in [1.82, 2.24) is 9.80 Å². The number of piperidine rings is 1. The van der Waals surface area contributed by atoms with E-state index in [1.165, 1.54) is 5.56 Å². The molecule has 0 N–H and O–H groups in total. The topological polar surface area (TPSA) is 40.6 Å². The Balaban J connectivity index is 1.66. The van der Waals surface area contributed by atoms with E-state index < -0.39 is 0 Å². The molecule has 1 fully saturated rings. The monoisotopic (exact) mass is 312 g/mol. The summed E-state index contributed by atoms with van der Waals surface area (Å²) in [6, 6.07) is 8.46. The van der Waals surface area contributed by atoms with Crippen molar-refractivity contribution in [2.75, 3.05) is 20.1 Å². The lowest BCUT2D eigenvalue weighted by Gasteiger charge is -2.37. The lowest BCUT2D eigenvalue weighted by molar-refractivity contribution is -0.132. The molecule has 3 rings (SSSR count). The van der Waals surface area contributed by atoms with Crippen molar-refractivity contribution < 1.29 is 9.59 Å². The molecular weight excluding hydrogens is 288 g/mol. The van der Waals surface area contributed by atoms with Crippen molar-refractivity contribution >= 4 is 17.9 Å². The number of fused-ring (bicyclic) bond motifs is 1. The van der Waals surface area contributed by atoms with Gasteiger partial charge in [0.05, 0.1) is 0 Å². The molecule has 0 bridgehead atoms. The fourth-order valence-electron chi connectivity index (χ4n) is 3.64. The van der Waals surface area contributed by atoms with Crippen LogP contribution >= 0.6 is 0 Å². The van der Waals surface area contributed by atoms with Gasteiger partial charge < -0.3 is 9.80 Å². The van der Waals surface area contributed by atoms with Gasteiger partial charge in [-0.15, -0.1) is 0 Å². The van der Waals surface area contributed by atoms with Gasteiger partial charge in [-0.3, -0.25) is 9.59 Å². The lowest BCUT2D eigenvalue weighted by atomic mass is 9.96. The summed E-state index contributed by atoms with van der Waals surface area (Å²) >= 11 is 0. The average Bonchev–Trinajstić information content (AvgIpc) is 2.91. The SMILES string of the molecule is CC(=O)N(C)C1CCN(C(=O)C2=Cc3ccccc3[C@H]2C)CC1. The van der Waals surface area contributed by atoms with Crippen molar-refractivity contribution in [3.8, 4) is 0 Å². The molecule has 1 saturated heterocycles. The van der Waals surface area contributed by atoms with Crippen LogP contribution < -0.4 is 0 Å². The molecular formula is C19H24N2O2. The molecule has 0 radical (unpaired) electrons. The lowest BCUT2D eigenvalue weighted by Crippen LogP contribution is -2.47. The maximum atomic E-state index is 12.9. The maximum absolute atomic E-state index is 12.9. The van der Waals surface area contributed by atoms with Crippen molar-refractivity contribution in [2.24, 2.45) is 0 Å². The Morgan fingerprint density at radius 2 is 1.83 bits per heavy atom. The van der Waals surface area contributed by atoms with Crippen LogP contribution in [0.2, 0.25) is 0 Å². The van der Waals surface area contributed by atoms with Gasteiger partial charge in [0.25, 0.3) is 0 Å². The van der Waals surface area contributed by atoms with Gasteiger partial charge in [0.15, 0.2) is 0 Å². The highest BCUT2D eigenvalue weighted by Crippen LogP contribution is 2.37. The van der Waals surface area contributed by atoms with Gasteiger partial charge in [-0.1, -0.05) is 31.2 Å². The normalized spacial score (nSPS) is 20.9. The third-order valence-corrected chi connectivity index (χ3v) is 5.28. The van der Waals surface area contributed by atoms with Crippen LogP contribution in [0.15, 0.2) is 29.8 Å². The molecule has 0 aromatic heterocycles. The van der Waals surface area contributed by atoms with Gasteiger partial charge in [0, 0.05) is 44.6 Å². The molecule has 4 nitrogen and oxygen atoms in total. The highest BCUT2D eigenvalue weighted by molar-refractivity contribution is 6.01. The molecule has 2 aliphatic rings. The molecule has 0 spiro atoms. The van der Waals surface area contributed by atoms with Gasteiger partial charge in [-0.25, -0.2) is 0 Å². The second-order valence-electron chi connectivity index (χ2n) is 6.60. The summed E-state index contributed by atoms with van der Waals surface area (Å²) in [6.45, 7) is 5.15. The van der Waals surface area contributed by atoms with E-state index in [9.17, 15) is 9.59 Å². The highest BCUT2D eigenvalue weighted by Gasteiger charge is 2.32. The van der Waals surface area contributed by atoms with Crippen molar-refractivity contribution in [3.63, 3.8) is 0 Å². The minimum Gasteiger partial charge on any atom is -0.343 e. The van der Waals surface area contributed by atoms with Gasteiger partial charge in [0.1, 0.15) is 0 Å². The molecule has 0 unspecified atom stereocenters. The first-order valence-electron chi connectivity index (χ1n) is 8.32. The summed E-state index contributed by atoms with van der Waals surface area (Å²) < 4.78 is 0. The Kier molecular flexibility index (Phi) is 4.24. The minimum atomic E-state index is 0.0948. The van der Waals surface area contributed by atoms with Crippen LogP contribution in [0.5, 0.6) is 0 Å². The van der Waals surface area contributed by atoms with Gasteiger partial charge in [0.2, 0.25) is 11.8 Å². The number of carbonyl (C=O) groups is 2. The molecule has 1 heterocycles. The molecule has 2 amide bonds. The third-order valence-electron chi connectivity index (χ3n) is 5.28. The van der Waals surface area contributed by atoms with Crippen LogP contribution in [0.25, 0.3) is 6.08 Å². The van der Waals surface area contributed by atoms with Crippen molar-refractivity contribution in [3.05, 3.63) is 41.0 Å². The summed E-state index contributed by atoms with van der Waals surface area (Å²) in [5.74, 6) is 0.409. The first-order chi connectivity index (χ1) is 11.0. The molecule has 1 atom stereocenters. The zero-order valence-electron chi connectivity index (χ0n) is 14.1. The predicted molar refractivity (Wildman–Crippen MR) is 90.9 cm³/mol. The number of amides is 2. The molecule has 23 heavy (non-hydrogen) atoms. The quantitative estimate of drug-likeness (QED) is 0.842. The highest BCUT2D eigenvalue weighted by atomic mass is 16.2. The summed E-state index contributed by atoms with van der Waals surface area (Å²) in [7, 11) is 1.85. The molecule has 1 aromatic carbocycles. The van der Waals surface area contributed by atoms with Crippen molar-refractivity contribution in [1.29, 1.82) is 0 Å². The smallest absolute Gasteiger partial charge is 0.250 e. The van der Waals surface area contributed by atoms with Crippen LogP contribution in [0.1, 0.15) is 43.7 Å². The van der Waals surface area contributed by atoms with Crippen LogP contribution in [-0.4, -0.2) is 47.8 Å². The van der Waals surface area contributed by atoms with Crippen LogP contribution in [0, 0.1) is 0 Å². The predicted octanol–water partition coefficient (Wildman–Crippen LogP) is 2.66. The number of nitrogens with zero attached hydrogens (tertiary/aromatic N) is 2. The zero-order valence-corrected chi connectivity index (χ0v) is 14.1. The maximum Gasteiger partial charge on any atom is 0.250 e. The number of carbonyl (C=O) groups excluding carboxylic acids is 2. The Labute approximate surface area is 137 Å². The van der Waals surface area contributed by atoms with E-state index in [1.807, 2.05) is 30.2 Å². The number of hydrogen-bond donors (Lipinski definition) is 0. The van der Waals surface area contributed by atoms with Gasteiger partial charge in [-0.2, -0.15) is 0 Å². The Bertz CT molecular complexity index is 657. The molecule has 1 aliphatic carbocycles. The summed E-state index contributed by atoms with van der Waals surface area (Å²) in [5, 5.41) is 0. The first kappa shape index (κ1) is 15.8.